The van der Waals surface area contributed by atoms with Crippen LogP contribution < -0.4 is 4.90 Å². The molecule has 2 fully saturated rings. The van der Waals surface area contributed by atoms with Gasteiger partial charge < -0.3 is 19.5 Å². The van der Waals surface area contributed by atoms with Crippen LogP contribution in [-0.2, 0) is 4.74 Å². The summed E-state index contributed by atoms with van der Waals surface area (Å²) in [6.07, 6.45) is 8.24. The highest BCUT2D eigenvalue weighted by molar-refractivity contribution is 6.33. The van der Waals surface area contributed by atoms with Crippen LogP contribution in [0.25, 0.3) is 11.4 Å². The number of esters is 1. The first-order valence-electron chi connectivity index (χ1n) is 13.1. The minimum absolute atomic E-state index is 0.00966. The van der Waals surface area contributed by atoms with Crippen molar-refractivity contribution in [1.82, 2.24) is 24.8 Å². The summed E-state index contributed by atoms with van der Waals surface area (Å²) in [5, 5.41) is 0.633. The van der Waals surface area contributed by atoms with Crippen LogP contribution >= 0.6 is 11.6 Å². The van der Waals surface area contributed by atoms with Crippen LogP contribution in [0.5, 0.6) is 0 Å². The molecular weight excluding hydrogens is 504 g/mol. The molecule has 1 amide bonds. The number of carbonyl (C=O) groups is 2. The Kier molecular flexibility index (Phi) is 7.95. The summed E-state index contributed by atoms with van der Waals surface area (Å²) in [6.45, 7) is 6.34. The molecule has 2 aliphatic heterocycles. The van der Waals surface area contributed by atoms with Gasteiger partial charge in [0.1, 0.15) is 11.6 Å². The van der Waals surface area contributed by atoms with Crippen LogP contribution in [0.1, 0.15) is 46.9 Å². The number of likely N-dealkylation sites (tertiary alicyclic amines) is 1. The fourth-order valence-corrected chi connectivity index (χ4v) is 5.86. The summed E-state index contributed by atoms with van der Waals surface area (Å²) in [5.74, 6) is 1.18. The number of hydrogen-bond donors (Lipinski definition) is 1. The number of halogens is 1. The summed E-state index contributed by atoms with van der Waals surface area (Å²) in [7, 11) is 1.35. The van der Waals surface area contributed by atoms with Crippen LogP contribution in [0.2, 0.25) is 5.02 Å². The van der Waals surface area contributed by atoms with Crippen LogP contribution in [-0.4, -0.2) is 88.5 Å². The maximum absolute atomic E-state index is 13.0. The van der Waals surface area contributed by atoms with Crippen molar-refractivity contribution >= 4 is 29.3 Å². The summed E-state index contributed by atoms with van der Waals surface area (Å²) in [5.41, 5.74) is 1.91. The Labute approximate surface area is 227 Å². The lowest BCUT2D eigenvalue weighted by Gasteiger charge is -2.47. The van der Waals surface area contributed by atoms with Crippen molar-refractivity contribution in [3.8, 4) is 11.4 Å². The molecule has 2 aromatic heterocycles. The number of piperidine rings is 1. The van der Waals surface area contributed by atoms with Crippen molar-refractivity contribution in [2.75, 3.05) is 44.7 Å². The number of nitrogens with zero attached hydrogens (tertiary/aromatic N) is 5. The van der Waals surface area contributed by atoms with Gasteiger partial charge in [0.05, 0.1) is 17.7 Å². The third kappa shape index (κ3) is 5.39. The molecule has 9 nitrogen and oxygen atoms in total. The van der Waals surface area contributed by atoms with Crippen LogP contribution in [0.4, 0.5) is 5.82 Å². The van der Waals surface area contributed by atoms with Crippen molar-refractivity contribution < 1.29 is 14.3 Å². The van der Waals surface area contributed by atoms with Gasteiger partial charge in [0.2, 0.25) is 0 Å². The van der Waals surface area contributed by atoms with Crippen LogP contribution in [0, 0.1) is 0 Å². The van der Waals surface area contributed by atoms with E-state index >= 15 is 0 Å². The Bertz CT molecular complexity index is 1260. The normalized spacial score (nSPS) is 19.0. The first kappa shape index (κ1) is 26.2. The number of anilines is 1. The molecule has 1 N–H and O–H groups in total. The molecule has 1 atom stereocenters. The molecule has 0 saturated carbocycles. The fourth-order valence-electron chi connectivity index (χ4n) is 5.57. The molecule has 0 aliphatic carbocycles. The minimum atomic E-state index is -0.403. The summed E-state index contributed by atoms with van der Waals surface area (Å²) in [4.78, 5) is 43.6. The molecule has 0 radical (unpaired) electrons. The highest BCUT2D eigenvalue weighted by Crippen LogP contribution is 2.31. The second-order valence-corrected chi connectivity index (χ2v) is 10.2. The molecule has 5 rings (SSSR count). The first-order valence-corrected chi connectivity index (χ1v) is 13.5. The monoisotopic (exact) mass is 536 g/mol. The number of rotatable bonds is 6. The van der Waals surface area contributed by atoms with E-state index in [2.05, 4.69) is 31.7 Å². The second kappa shape index (κ2) is 11.5. The quantitative estimate of drug-likeness (QED) is 0.474. The number of methoxy groups -OCH3 is 1. The number of amides is 1. The fraction of sp³-hybridized carbons (Fsp3) is 0.429. The van der Waals surface area contributed by atoms with Gasteiger partial charge in [0.15, 0.2) is 0 Å². The van der Waals surface area contributed by atoms with E-state index in [1.165, 1.54) is 7.11 Å². The summed E-state index contributed by atoms with van der Waals surface area (Å²) >= 11 is 6.66. The average molecular weight is 537 g/mol. The number of piperazine rings is 1. The largest absolute Gasteiger partial charge is 0.465 e. The Morgan fingerprint density at radius 3 is 2.45 bits per heavy atom. The number of imidazole rings is 1. The van der Waals surface area contributed by atoms with Gasteiger partial charge in [-0.25, -0.2) is 14.8 Å². The molecular formula is C28H33ClN6O3. The van der Waals surface area contributed by atoms with E-state index in [1.807, 2.05) is 17.2 Å². The standard InChI is InChI=1S/C28H33ClN6O3/c1-3-22-18-34(26-24(29)16-21(17-32-26)25-30-10-11-31-25)14-15-35(22)23-8-12-33(13-9-23)27(36)19-4-6-20(7-5-19)28(37)38-2/h4-7,10-11,16-17,22-23H,3,8-9,12-15,18H2,1-2H3,(H,30,31)/t22-/m0/s1. The van der Waals surface area contributed by atoms with Gasteiger partial charge in [-0.05, 0) is 49.6 Å². The van der Waals surface area contributed by atoms with Gasteiger partial charge in [0, 0.05) is 74.5 Å². The van der Waals surface area contributed by atoms with Gasteiger partial charge in [-0.2, -0.15) is 0 Å². The molecule has 38 heavy (non-hydrogen) atoms. The van der Waals surface area contributed by atoms with Crippen molar-refractivity contribution in [1.29, 1.82) is 0 Å². The van der Waals surface area contributed by atoms with E-state index in [9.17, 15) is 9.59 Å². The Morgan fingerprint density at radius 2 is 1.82 bits per heavy atom. The third-order valence-corrected chi connectivity index (χ3v) is 7.94. The molecule has 1 aromatic carbocycles. The molecule has 200 valence electrons. The van der Waals surface area contributed by atoms with Crippen LogP contribution in [0.15, 0.2) is 48.9 Å². The van der Waals surface area contributed by atoms with E-state index in [-0.39, 0.29) is 5.91 Å². The minimum Gasteiger partial charge on any atom is -0.465 e. The van der Waals surface area contributed by atoms with E-state index in [1.54, 1.807) is 36.7 Å². The number of aromatic nitrogens is 3. The predicted molar refractivity (Wildman–Crippen MR) is 147 cm³/mol. The predicted octanol–water partition coefficient (Wildman–Crippen LogP) is 4.12. The number of ether oxygens (including phenoxy) is 1. The maximum Gasteiger partial charge on any atom is 0.337 e. The number of pyridine rings is 1. The zero-order valence-corrected chi connectivity index (χ0v) is 22.5. The Morgan fingerprint density at radius 1 is 1.08 bits per heavy atom. The zero-order chi connectivity index (χ0) is 26.6. The second-order valence-electron chi connectivity index (χ2n) is 9.81. The van der Waals surface area contributed by atoms with E-state index in [0.717, 1.165) is 69.2 Å². The number of hydrogen-bond acceptors (Lipinski definition) is 7. The molecule has 2 saturated heterocycles. The highest BCUT2D eigenvalue weighted by atomic mass is 35.5. The maximum atomic E-state index is 13.0. The lowest BCUT2D eigenvalue weighted by atomic mass is 9.97. The molecule has 0 bridgehead atoms. The molecule has 2 aliphatic rings. The number of aromatic amines is 1. The molecule has 4 heterocycles. The molecule has 10 heteroatoms. The van der Waals surface area contributed by atoms with E-state index in [0.29, 0.717) is 28.2 Å². The van der Waals surface area contributed by atoms with E-state index in [4.69, 9.17) is 16.3 Å². The third-order valence-electron chi connectivity index (χ3n) is 7.67. The van der Waals surface area contributed by atoms with Gasteiger partial charge >= 0.3 is 5.97 Å². The summed E-state index contributed by atoms with van der Waals surface area (Å²) < 4.78 is 4.74. The van der Waals surface area contributed by atoms with Crippen LogP contribution in [0.3, 0.4) is 0 Å². The number of nitrogens with one attached hydrogen (secondary N) is 1. The zero-order valence-electron chi connectivity index (χ0n) is 21.8. The van der Waals surface area contributed by atoms with Crippen molar-refractivity contribution in [2.45, 2.75) is 38.3 Å². The average Bonchev–Trinajstić information content (AvgIpc) is 3.51. The summed E-state index contributed by atoms with van der Waals surface area (Å²) in [6, 6.07) is 9.44. The SMILES string of the molecule is CC[C@H]1CN(c2ncc(-c3ncc[nH]3)cc2Cl)CCN1C1CCN(C(=O)c2ccc(C(=O)OC)cc2)CC1. The Balaban J connectivity index is 1.18. The van der Waals surface area contributed by atoms with Crippen molar-refractivity contribution in [2.24, 2.45) is 0 Å². The van der Waals surface area contributed by atoms with E-state index < -0.39 is 5.97 Å². The smallest absolute Gasteiger partial charge is 0.337 e. The number of benzene rings is 1. The van der Waals surface area contributed by atoms with Crippen molar-refractivity contribution in [3.63, 3.8) is 0 Å². The molecule has 0 spiro atoms. The highest BCUT2D eigenvalue weighted by Gasteiger charge is 2.35. The lowest BCUT2D eigenvalue weighted by Crippen LogP contribution is -2.58. The van der Waals surface area contributed by atoms with Gasteiger partial charge in [-0.3, -0.25) is 9.69 Å². The number of H-pyrrole nitrogens is 1. The van der Waals surface area contributed by atoms with Crippen molar-refractivity contribution in [3.05, 3.63) is 65.1 Å². The Hall–Kier alpha value is -3.43. The van der Waals surface area contributed by atoms with Gasteiger partial charge in [0.25, 0.3) is 5.91 Å². The van der Waals surface area contributed by atoms with Gasteiger partial charge in [-0.15, -0.1) is 0 Å². The lowest BCUT2D eigenvalue weighted by molar-refractivity contribution is 0.0490. The molecule has 3 aromatic rings. The van der Waals surface area contributed by atoms with Gasteiger partial charge in [-0.1, -0.05) is 18.5 Å². The topological polar surface area (TPSA) is 94.7 Å². The molecule has 0 unspecified atom stereocenters. The first-order chi connectivity index (χ1) is 18.5. The number of carbonyl (C=O) groups excluding carboxylic acids is 2.